The van der Waals surface area contributed by atoms with E-state index in [1.165, 1.54) is 0 Å². The number of thiazole rings is 1. The zero-order valence-corrected chi connectivity index (χ0v) is 7.92. The molecule has 2 rings (SSSR count). The lowest BCUT2D eigenvalue weighted by Gasteiger charge is -2.00. The van der Waals surface area contributed by atoms with Crippen LogP contribution in [0, 0.1) is 0 Å². The SMILES string of the molecule is C=Cc1ccccc1-c1nccs1. The molecule has 64 valence electrons. The van der Waals surface area contributed by atoms with Gasteiger partial charge in [-0.15, -0.1) is 11.3 Å². The van der Waals surface area contributed by atoms with Crippen molar-refractivity contribution in [2.75, 3.05) is 0 Å². The zero-order valence-electron chi connectivity index (χ0n) is 7.10. The highest BCUT2D eigenvalue weighted by molar-refractivity contribution is 7.13. The molecule has 13 heavy (non-hydrogen) atoms. The topological polar surface area (TPSA) is 12.9 Å². The first kappa shape index (κ1) is 8.20. The summed E-state index contributed by atoms with van der Waals surface area (Å²) in [6.45, 7) is 3.78. The Bertz CT molecular complexity index is 404. The molecule has 1 aromatic carbocycles. The van der Waals surface area contributed by atoms with Crippen LogP contribution in [0.5, 0.6) is 0 Å². The number of hydrogen-bond acceptors (Lipinski definition) is 2. The maximum absolute atomic E-state index is 4.27. The Balaban J connectivity index is 2.57. The third-order valence-corrected chi connectivity index (χ3v) is 2.65. The molecule has 0 aliphatic rings. The monoisotopic (exact) mass is 187 g/mol. The molecule has 0 saturated heterocycles. The van der Waals surface area contributed by atoms with Crippen LogP contribution in [-0.4, -0.2) is 4.98 Å². The molecule has 0 saturated carbocycles. The Morgan fingerprint density at radius 1 is 1.31 bits per heavy atom. The summed E-state index contributed by atoms with van der Waals surface area (Å²) in [5, 5.41) is 3.03. The maximum atomic E-state index is 4.27. The fraction of sp³-hybridized carbons (Fsp3) is 0. The predicted octanol–water partition coefficient (Wildman–Crippen LogP) is 3.45. The molecule has 0 aliphatic carbocycles. The fourth-order valence-corrected chi connectivity index (χ4v) is 1.91. The molecule has 0 atom stereocenters. The van der Waals surface area contributed by atoms with Crippen LogP contribution in [-0.2, 0) is 0 Å². The lowest BCUT2D eigenvalue weighted by atomic mass is 10.1. The number of rotatable bonds is 2. The third kappa shape index (κ3) is 1.53. The summed E-state index contributed by atoms with van der Waals surface area (Å²) in [7, 11) is 0. The van der Waals surface area contributed by atoms with Crippen molar-refractivity contribution in [2.24, 2.45) is 0 Å². The Morgan fingerprint density at radius 2 is 2.15 bits per heavy atom. The molecule has 0 fully saturated rings. The van der Waals surface area contributed by atoms with Gasteiger partial charge in [0.2, 0.25) is 0 Å². The van der Waals surface area contributed by atoms with Crippen molar-refractivity contribution >= 4 is 17.4 Å². The summed E-state index contributed by atoms with van der Waals surface area (Å²) < 4.78 is 0. The van der Waals surface area contributed by atoms with Crippen molar-refractivity contribution in [3.05, 3.63) is 48.0 Å². The Labute approximate surface area is 81.4 Å². The Kier molecular flexibility index (Phi) is 2.23. The normalized spacial score (nSPS) is 9.85. The van der Waals surface area contributed by atoms with E-state index < -0.39 is 0 Å². The van der Waals surface area contributed by atoms with Crippen molar-refractivity contribution in [3.8, 4) is 10.6 Å². The number of aromatic nitrogens is 1. The van der Waals surface area contributed by atoms with Crippen LogP contribution >= 0.6 is 11.3 Å². The summed E-state index contributed by atoms with van der Waals surface area (Å²) >= 11 is 1.65. The first-order chi connectivity index (χ1) is 6.42. The molecule has 0 spiro atoms. The van der Waals surface area contributed by atoms with E-state index in [2.05, 4.69) is 17.6 Å². The molecule has 0 N–H and O–H groups in total. The molecule has 0 radical (unpaired) electrons. The fourth-order valence-electron chi connectivity index (χ4n) is 1.23. The molecule has 0 aliphatic heterocycles. The average molecular weight is 187 g/mol. The standard InChI is InChI=1S/C11H9NS/c1-2-9-5-3-4-6-10(9)11-12-7-8-13-11/h2-8H,1H2. The van der Waals surface area contributed by atoms with Gasteiger partial charge in [-0.05, 0) is 5.56 Å². The summed E-state index contributed by atoms with van der Waals surface area (Å²) in [4.78, 5) is 4.27. The number of nitrogens with zero attached hydrogens (tertiary/aromatic N) is 1. The van der Waals surface area contributed by atoms with Gasteiger partial charge in [0.25, 0.3) is 0 Å². The number of benzene rings is 1. The van der Waals surface area contributed by atoms with Crippen LogP contribution in [0.1, 0.15) is 5.56 Å². The van der Waals surface area contributed by atoms with Gasteiger partial charge in [-0.3, -0.25) is 0 Å². The second-order valence-corrected chi connectivity index (χ2v) is 3.52. The van der Waals surface area contributed by atoms with Crippen LogP contribution in [0.4, 0.5) is 0 Å². The molecule has 1 nitrogen and oxygen atoms in total. The molecule has 1 aromatic heterocycles. The van der Waals surface area contributed by atoms with E-state index in [4.69, 9.17) is 0 Å². The summed E-state index contributed by atoms with van der Waals surface area (Å²) in [6, 6.07) is 8.14. The molecule has 0 bridgehead atoms. The molecular weight excluding hydrogens is 178 g/mol. The largest absolute Gasteiger partial charge is 0.245 e. The van der Waals surface area contributed by atoms with Crippen molar-refractivity contribution in [2.45, 2.75) is 0 Å². The second-order valence-electron chi connectivity index (χ2n) is 2.63. The van der Waals surface area contributed by atoms with Gasteiger partial charge in [0, 0.05) is 17.1 Å². The van der Waals surface area contributed by atoms with Gasteiger partial charge >= 0.3 is 0 Å². The zero-order chi connectivity index (χ0) is 9.10. The predicted molar refractivity (Wildman–Crippen MR) is 57.6 cm³/mol. The van der Waals surface area contributed by atoms with E-state index in [9.17, 15) is 0 Å². The van der Waals surface area contributed by atoms with E-state index in [0.29, 0.717) is 0 Å². The van der Waals surface area contributed by atoms with Crippen molar-refractivity contribution < 1.29 is 0 Å². The highest BCUT2D eigenvalue weighted by atomic mass is 32.1. The molecule has 2 aromatic rings. The molecular formula is C11H9NS. The minimum Gasteiger partial charge on any atom is -0.245 e. The maximum Gasteiger partial charge on any atom is 0.123 e. The van der Waals surface area contributed by atoms with Gasteiger partial charge in [-0.25, -0.2) is 4.98 Å². The van der Waals surface area contributed by atoms with Crippen LogP contribution in [0.3, 0.4) is 0 Å². The molecule has 0 unspecified atom stereocenters. The van der Waals surface area contributed by atoms with Gasteiger partial charge < -0.3 is 0 Å². The van der Waals surface area contributed by atoms with Crippen molar-refractivity contribution in [1.29, 1.82) is 0 Å². The first-order valence-electron chi connectivity index (χ1n) is 4.03. The van der Waals surface area contributed by atoms with Crippen LogP contribution < -0.4 is 0 Å². The van der Waals surface area contributed by atoms with Crippen molar-refractivity contribution in [1.82, 2.24) is 4.98 Å². The van der Waals surface area contributed by atoms with Gasteiger partial charge in [-0.1, -0.05) is 36.9 Å². The van der Waals surface area contributed by atoms with Gasteiger partial charge in [0.05, 0.1) is 0 Å². The van der Waals surface area contributed by atoms with E-state index >= 15 is 0 Å². The van der Waals surface area contributed by atoms with Gasteiger partial charge in [0.1, 0.15) is 5.01 Å². The molecule has 1 heterocycles. The summed E-state index contributed by atoms with van der Waals surface area (Å²) in [5.41, 5.74) is 2.30. The third-order valence-electron chi connectivity index (χ3n) is 1.84. The number of hydrogen-bond donors (Lipinski definition) is 0. The first-order valence-corrected chi connectivity index (χ1v) is 4.91. The van der Waals surface area contributed by atoms with Crippen LogP contribution in [0.25, 0.3) is 16.6 Å². The van der Waals surface area contributed by atoms with Crippen molar-refractivity contribution in [3.63, 3.8) is 0 Å². The Hall–Kier alpha value is -1.41. The summed E-state index contributed by atoms with van der Waals surface area (Å²) in [5.74, 6) is 0. The highest BCUT2D eigenvalue weighted by Crippen LogP contribution is 2.25. The summed E-state index contributed by atoms with van der Waals surface area (Å²) in [6.07, 6.45) is 3.68. The van der Waals surface area contributed by atoms with Gasteiger partial charge in [0.15, 0.2) is 0 Å². The van der Waals surface area contributed by atoms with E-state index in [1.807, 2.05) is 35.9 Å². The van der Waals surface area contributed by atoms with Gasteiger partial charge in [-0.2, -0.15) is 0 Å². The van der Waals surface area contributed by atoms with Crippen LogP contribution in [0.15, 0.2) is 42.4 Å². The minimum atomic E-state index is 1.05. The smallest absolute Gasteiger partial charge is 0.123 e. The van der Waals surface area contributed by atoms with E-state index in [1.54, 1.807) is 11.3 Å². The highest BCUT2D eigenvalue weighted by Gasteiger charge is 2.02. The van der Waals surface area contributed by atoms with E-state index in [-0.39, 0.29) is 0 Å². The Morgan fingerprint density at radius 3 is 2.85 bits per heavy atom. The minimum absolute atomic E-state index is 1.05. The lowest BCUT2D eigenvalue weighted by Crippen LogP contribution is -1.79. The lowest BCUT2D eigenvalue weighted by molar-refractivity contribution is 1.41. The average Bonchev–Trinajstić information content (AvgIpc) is 2.70. The molecule has 2 heteroatoms. The second kappa shape index (κ2) is 3.54. The van der Waals surface area contributed by atoms with Crippen LogP contribution in [0.2, 0.25) is 0 Å². The van der Waals surface area contributed by atoms with E-state index in [0.717, 1.165) is 16.1 Å². The molecule has 0 amide bonds. The quantitative estimate of drug-likeness (QED) is 0.701.